The predicted octanol–water partition coefficient (Wildman–Crippen LogP) is 3.50. The van der Waals surface area contributed by atoms with E-state index in [0.29, 0.717) is 13.0 Å². The molecule has 0 spiro atoms. The van der Waals surface area contributed by atoms with Crippen LogP contribution in [0.15, 0.2) is 24.3 Å². The van der Waals surface area contributed by atoms with Crippen LogP contribution in [-0.4, -0.2) is 18.3 Å². The molecule has 0 heterocycles. The summed E-state index contributed by atoms with van der Waals surface area (Å²) in [6, 6.07) is 8.48. The fraction of sp³-hybridized carbons (Fsp3) is 0.600. The van der Waals surface area contributed by atoms with Gasteiger partial charge in [0.05, 0.1) is 6.61 Å². The molecule has 0 saturated heterocycles. The predicted molar refractivity (Wildman–Crippen MR) is 69.5 cm³/mol. The van der Waals surface area contributed by atoms with Crippen LogP contribution in [-0.2, 0) is 0 Å². The van der Waals surface area contributed by atoms with Gasteiger partial charge in [-0.2, -0.15) is 0 Å². The SMILES string of the molecule is OCCCOc1cccc(C2CCCCC2)c1. The van der Waals surface area contributed by atoms with Crippen molar-refractivity contribution in [2.45, 2.75) is 44.4 Å². The smallest absolute Gasteiger partial charge is 0.119 e. The molecule has 1 fully saturated rings. The van der Waals surface area contributed by atoms with Crippen LogP contribution in [0.3, 0.4) is 0 Å². The molecule has 0 aromatic heterocycles. The van der Waals surface area contributed by atoms with Crippen molar-refractivity contribution in [2.24, 2.45) is 0 Å². The highest BCUT2D eigenvalue weighted by molar-refractivity contribution is 5.31. The van der Waals surface area contributed by atoms with E-state index in [1.165, 1.54) is 37.7 Å². The number of hydrogen-bond acceptors (Lipinski definition) is 2. The summed E-state index contributed by atoms with van der Waals surface area (Å²) in [5.74, 6) is 1.67. The first-order valence-electron chi connectivity index (χ1n) is 6.74. The minimum absolute atomic E-state index is 0.197. The quantitative estimate of drug-likeness (QED) is 0.790. The maximum Gasteiger partial charge on any atom is 0.119 e. The molecular formula is C15H22O2. The standard InChI is InChI=1S/C15H22O2/c16-10-5-11-17-15-9-4-8-14(12-15)13-6-2-1-3-7-13/h4,8-9,12-13,16H,1-3,5-7,10-11H2. The van der Waals surface area contributed by atoms with E-state index in [2.05, 4.69) is 18.2 Å². The average molecular weight is 234 g/mol. The summed E-state index contributed by atoms with van der Waals surface area (Å²) in [5, 5.41) is 8.72. The van der Waals surface area contributed by atoms with Crippen molar-refractivity contribution < 1.29 is 9.84 Å². The van der Waals surface area contributed by atoms with Crippen LogP contribution >= 0.6 is 0 Å². The summed E-state index contributed by atoms with van der Waals surface area (Å²) < 4.78 is 5.62. The molecule has 0 amide bonds. The van der Waals surface area contributed by atoms with Gasteiger partial charge in [0.1, 0.15) is 5.75 Å². The zero-order chi connectivity index (χ0) is 11.9. The monoisotopic (exact) mass is 234 g/mol. The Bertz CT molecular complexity index is 329. The highest BCUT2D eigenvalue weighted by atomic mass is 16.5. The Morgan fingerprint density at radius 1 is 1.18 bits per heavy atom. The van der Waals surface area contributed by atoms with Gasteiger partial charge in [0.2, 0.25) is 0 Å². The molecule has 0 radical (unpaired) electrons. The summed E-state index contributed by atoms with van der Waals surface area (Å²) in [6.45, 7) is 0.799. The van der Waals surface area contributed by atoms with Gasteiger partial charge in [-0.15, -0.1) is 0 Å². The van der Waals surface area contributed by atoms with Crippen molar-refractivity contribution in [2.75, 3.05) is 13.2 Å². The van der Waals surface area contributed by atoms with E-state index < -0.39 is 0 Å². The van der Waals surface area contributed by atoms with Crippen LogP contribution < -0.4 is 4.74 Å². The molecule has 2 nitrogen and oxygen atoms in total. The lowest BCUT2D eigenvalue weighted by Gasteiger charge is -2.22. The molecule has 94 valence electrons. The lowest BCUT2D eigenvalue weighted by Crippen LogP contribution is -2.05. The van der Waals surface area contributed by atoms with Crippen molar-refractivity contribution in [3.05, 3.63) is 29.8 Å². The highest BCUT2D eigenvalue weighted by Crippen LogP contribution is 2.33. The first kappa shape index (κ1) is 12.4. The van der Waals surface area contributed by atoms with Crippen molar-refractivity contribution in [1.82, 2.24) is 0 Å². The summed E-state index contributed by atoms with van der Waals surface area (Å²) in [6.07, 6.45) is 7.46. The van der Waals surface area contributed by atoms with E-state index in [-0.39, 0.29) is 6.61 Å². The van der Waals surface area contributed by atoms with Gasteiger partial charge in [0.25, 0.3) is 0 Å². The van der Waals surface area contributed by atoms with E-state index in [0.717, 1.165) is 11.7 Å². The van der Waals surface area contributed by atoms with Gasteiger partial charge in [-0.25, -0.2) is 0 Å². The van der Waals surface area contributed by atoms with Gasteiger partial charge in [0.15, 0.2) is 0 Å². The molecule has 2 rings (SSSR count). The maximum atomic E-state index is 8.72. The Balaban J connectivity index is 1.95. The van der Waals surface area contributed by atoms with Crippen LogP contribution in [0.5, 0.6) is 5.75 Å². The highest BCUT2D eigenvalue weighted by Gasteiger charge is 2.15. The molecule has 17 heavy (non-hydrogen) atoms. The summed E-state index contributed by atoms with van der Waals surface area (Å²) in [5.41, 5.74) is 1.42. The minimum atomic E-state index is 0.197. The number of aliphatic hydroxyl groups excluding tert-OH is 1. The van der Waals surface area contributed by atoms with E-state index >= 15 is 0 Å². The van der Waals surface area contributed by atoms with Crippen molar-refractivity contribution in [3.8, 4) is 5.75 Å². The lowest BCUT2D eigenvalue weighted by atomic mass is 9.84. The van der Waals surface area contributed by atoms with Crippen molar-refractivity contribution in [1.29, 1.82) is 0 Å². The van der Waals surface area contributed by atoms with Crippen LogP contribution in [0.2, 0.25) is 0 Å². The molecular weight excluding hydrogens is 212 g/mol. The lowest BCUT2D eigenvalue weighted by molar-refractivity contribution is 0.233. The van der Waals surface area contributed by atoms with Crippen LogP contribution in [0.4, 0.5) is 0 Å². The Morgan fingerprint density at radius 3 is 2.76 bits per heavy atom. The number of benzene rings is 1. The van der Waals surface area contributed by atoms with E-state index in [9.17, 15) is 0 Å². The maximum absolute atomic E-state index is 8.72. The van der Waals surface area contributed by atoms with Gasteiger partial charge in [-0.1, -0.05) is 31.4 Å². The van der Waals surface area contributed by atoms with Crippen LogP contribution in [0.25, 0.3) is 0 Å². The average Bonchev–Trinajstić information content (AvgIpc) is 2.41. The molecule has 2 heteroatoms. The molecule has 0 aliphatic heterocycles. The first-order valence-corrected chi connectivity index (χ1v) is 6.74. The van der Waals surface area contributed by atoms with Gasteiger partial charge in [-0.3, -0.25) is 0 Å². The Kier molecular flexibility index (Phi) is 4.87. The van der Waals surface area contributed by atoms with Crippen molar-refractivity contribution >= 4 is 0 Å². The first-order chi connectivity index (χ1) is 8.40. The molecule has 0 atom stereocenters. The summed E-state index contributed by atoms with van der Waals surface area (Å²) in [7, 11) is 0. The fourth-order valence-electron chi connectivity index (χ4n) is 2.55. The number of aliphatic hydroxyl groups is 1. The topological polar surface area (TPSA) is 29.5 Å². The number of rotatable bonds is 5. The second kappa shape index (κ2) is 6.65. The molecule has 1 aliphatic rings. The molecule has 0 bridgehead atoms. The normalized spacial score (nSPS) is 17.0. The summed E-state index contributed by atoms with van der Waals surface area (Å²) in [4.78, 5) is 0. The molecule has 1 aliphatic carbocycles. The minimum Gasteiger partial charge on any atom is -0.493 e. The Hall–Kier alpha value is -1.02. The fourth-order valence-corrected chi connectivity index (χ4v) is 2.55. The Morgan fingerprint density at radius 2 is 2.00 bits per heavy atom. The third-order valence-electron chi connectivity index (χ3n) is 3.51. The molecule has 1 saturated carbocycles. The zero-order valence-electron chi connectivity index (χ0n) is 10.4. The van der Waals surface area contributed by atoms with Gasteiger partial charge < -0.3 is 9.84 Å². The molecule has 0 unspecified atom stereocenters. The summed E-state index contributed by atoms with van der Waals surface area (Å²) >= 11 is 0. The van der Waals surface area contributed by atoms with Crippen LogP contribution in [0, 0.1) is 0 Å². The largest absolute Gasteiger partial charge is 0.493 e. The third-order valence-corrected chi connectivity index (χ3v) is 3.51. The van der Waals surface area contributed by atoms with Crippen molar-refractivity contribution in [3.63, 3.8) is 0 Å². The van der Waals surface area contributed by atoms with E-state index in [4.69, 9.17) is 9.84 Å². The Labute approximate surface area is 104 Å². The zero-order valence-corrected chi connectivity index (χ0v) is 10.4. The van der Waals surface area contributed by atoms with Gasteiger partial charge in [-0.05, 0) is 36.5 Å². The number of ether oxygens (including phenoxy) is 1. The second-order valence-corrected chi connectivity index (χ2v) is 4.83. The second-order valence-electron chi connectivity index (χ2n) is 4.83. The molecule has 1 aromatic rings. The third kappa shape index (κ3) is 3.74. The van der Waals surface area contributed by atoms with Gasteiger partial charge >= 0.3 is 0 Å². The molecule has 1 N–H and O–H groups in total. The number of hydrogen-bond donors (Lipinski definition) is 1. The van der Waals surface area contributed by atoms with Gasteiger partial charge in [0, 0.05) is 13.0 Å². The van der Waals surface area contributed by atoms with E-state index in [1.807, 2.05) is 6.07 Å². The molecule has 1 aromatic carbocycles. The van der Waals surface area contributed by atoms with Crippen LogP contribution in [0.1, 0.15) is 50.0 Å². The van der Waals surface area contributed by atoms with E-state index in [1.54, 1.807) is 0 Å².